The summed E-state index contributed by atoms with van der Waals surface area (Å²) < 4.78 is 62.7. The van der Waals surface area contributed by atoms with Gasteiger partial charge in [0.15, 0.2) is 9.84 Å². The second-order valence-corrected chi connectivity index (χ2v) is 11.3. The number of aryl methyl sites for hydroxylation is 1. The van der Waals surface area contributed by atoms with E-state index in [0.717, 1.165) is 23.3 Å². The maximum atomic E-state index is 13.4. The number of alkyl halides is 3. The molecule has 0 N–H and O–H groups in total. The molecule has 0 aliphatic carbocycles. The number of hydrogen-bond acceptors (Lipinski definition) is 6. The van der Waals surface area contributed by atoms with Crippen LogP contribution in [0, 0.1) is 6.92 Å². The van der Waals surface area contributed by atoms with Gasteiger partial charge in [-0.05, 0) is 49.4 Å². The SMILES string of the molecule is Cc1cnc(-c2ccc(S(C)(=O)=O)cc2C(=O)N2CCN(c3ccc(C(F)(F)F)cc3)CC2)s1. The van der Waals surface area contributed by atoms with E-state index in [1.54, 1.807) is 17.2 Å². The number of amides is 1. The molecule has 0 spiro atoms. The fourth-order valence-corrected chi connectivity index (χ4v) is 5.25. The highest BCUT2D eigenvalue weighted by Gasteiger charge is 2.31. The van der Waals surface area contributed by atoms with Crippen LogP contribution in [-0.4, -0.2) is 56.6 Å². The fraction of sp³-hybridized carbons (Fsp3) is 0.304. The van der Waals surface area contributed by atoms with Gasteiger partial charge in [0, 0.05) is 54.8 Å². The average molecular weight is 510 g/mol. The highest BCUT2D eigenvalue weighted by Crippen LogP contribution is 2.32. The molecule has 1 amide bonds. The van der Waals surface area contributed by atoms with Crippen LogP contribution in [0.1, 0.15) is 20.8 Å². The van der Waals surface area contributed by atoms with Crippen molar-refractivity contribution in [1.29, 1.82) is 0 Å². The van der Waals surface area contributed by atoms with Crippen LogP contribution in [-0.2, 0) is 16.0 Å². The first kappa shape index (κ1) is 24.2. The average Bonchev–Trinajstić information content (AvgIpc) is 3.23. The highest BCUT2D eigenvalue weighted by atomic mass is 32.2. The molecule has 1 saturated heterocycles. The van der Waals surface area contributed by atoms with E-state index in [1.165, 1.54) is 35.6 Å². The van der Waals surface area contributed by atoms with Gasteiger partial charge in [0.05, 0.1) is 16.0 Å². The van der Waals surface area contributed by atoms with E-state index in [4.69, 9.17) is 0 Å². The first-order valence-electron chi connectivity index (χ1n) is 10.4. The minimum absolute atomic E-state index is 0.0521. The van der Waals surface area contributed by atoms with Gasteiger partial charge in [-0.15, -0.1) is 11.3 Å². The molecule has 34 heavy (non-hydrogen) atoms. The predicted octanol–water partition coefficient (Wildman–Crippen LogP) is 4.50. The van der Waals surface area contributed by atoms with Gasteiger partial charge in [-0.25, -0.2) is 13.4 Å². The summed E-state index contributed by atoms with van der Waals surface area (Å²) in [4.78, 5) is 22.4. The lowest BCUT2D eigenvalue weighted by molar-refractivity contribution is -0.137. The van der Waals surface area contributed by atoms with Gasteiger partial charge in [-0.3, -0.25) is 4.79 Å². The van der Waals surface area contributed by atoms with E-state index in [2.05, 4.69) is 4.98 Å². The quantitative estimate of drug-likeness (QED) is 0.518. The molecule has 1 aromatic heterocycles. The van der Waals surface area contributed by atoms with Crippen LogP contribution in [0.5, 0.6) is 0 Å². The number of carbonyl (C=O) groups is 1. The number of carbonyl (C=O) groups excluding carboxylic acids is 1. The summed E-state index contributed by atoms with van der Waals surface area (Å²) >= 11 is 1.41. The van der Waals surface area contributed by atoms with E-state index < -0.39 is 21.6 Å². The van der Waals surface area contributed by atoms with Crippen molar-refractivity contribution >= 4 is 32.8 Å². The van der Waals surface area contributed by atoms with Crippen LogP contribution >= 0.6 is 11.3 Å². The number of rotatable bonds is 4. The van der Waals surface area contributed by atoms with Crippen molar-refractivity contribution in [2.75, 3.05) is 37.3 Å². The number of anilines is 1. The van der Waals surface area contributed by atoms with Gasteiger partial charge in [0.2, 0.25) is 0 Å². The molecular weight excluding hydrogens is 487 g/mol. The minimum atomic E-state index is -4.39. The second kappa shape index (κ2) is 9.03. The van der Waals surface area contributed by atoms with Gasteiger partial charge in [0.25, 0.3) is 5.91 Å². The van der Waals surface area contributed by atoms with Crippen LogP contribution in [0.15, 0.2) is 53.6 Å². The second-order valence-electron chi connectivity index (χ2n) is 8.08. The molecule has 0 atom stereocenters. The summed E-state index contributed by atoms with van der Waals surface area (Å²) in [6, 6.07) is 9.43. The molecule has 6 nitrogen and oxygen atoms in total. The summed E-state index contributed by atoms with van der Waals surface area (Å²) in [7, 11) is -3.52. The Hall–Kier alpha value is -2.92. The minimum Gasteiger partial charge on any atom is -0.368 e. The zero-order valence-electron chi connectivity index (χ0n) is 18.5. The molecule has 1 aliphatic rings. The Kier molecular flexibility index (Phi) is 6.43. The first-order chi connectivity index (χ1) is 15.9. The molecule has 0 saturated carbocycles. The third-order valence-corrected chi connectivity index (χ3v) is 7.68. The molecule has 3 aromatic rings. The van der Waals surface area contributed by atoms with Crippen molar-refractivity contribution < 1.29 is 26.4 Å². The largest absolute Gasteiger partial charge is 0.416 e. The number of piperazine rings is 1. The summed E-state index contributed by atoms with van der Waals surface area (Å²) in [6.45, 7) is 3.47. The van der Waals surface area contributed by atoms with Gasteiger partial charge >= 0.3 is 6.18 Å². The van der Waals surface area contributed by atoms with E-state index in [0.29, 0.717) is 42.4 Å². The zero-order chi connectivity index (χ0) is 24.7. The molecule has 180 valence electrons. The highest BCUT2D eigenvalue weighted by molar-refractivity contribution is 7.90. The monoisotopic (exact) mass is 509 g/mol. The van der Waals surface area contributed by atoms with Crippen molar-refractivity contribution in [3.05, 3.63) is 64.7 Å². The van der Waals surface area contributed by atoms with Crippen molar-refractivity contribution in [1.82, 2.24) is 9.88 Å². The lowest BCUT2D eigenvalue weighted by atomic mass is 10.1. The molecule has 4 rings (SSSR count). The molecule has 0 unspecified atom stereocenters. The third-order valence-electron chi connectivity index (χ3n) is 5.63. The number of thiazole rings is 1. The Labute approximate surface area is 199 Å². The number of nitrogens with zero attached hydrogens (tertiary/aromatic N) is 3. The van der Waals surface area contributed by atoms with Crippen molar-refractivity contribution in [3.63, 3.8) is 0 Å². The number of sulfone groups is 1. The number of benzene rings is 2. The van der Waals surface area contributed by atoms with Gasteiger partial charge in [-0.2, -0.15) is 13.2 Å². The maximum Gasteiger partial charge on any atom is 0.416 e. The van der Waals surface area contributed by atoms with E-state index in [-0.39, 0.29) is 16.4 Å². The Morgan fingerprint density at radius 3 is 2.21 bits per heavy atom. The number of hydrogen-bond donors (Lipinski definition) is 0. The van der Waals surface area contributed by atoms with Crippen molar-refractivity contribution in [2.45, 2.75) is 18.0 Å². The Balaban J connectivity index is 1.55. The normalized spacial score (nSPS) is 15.0. The van der Waals surface area contributed by atoms with Gasteiger partial charge in [-0.1, -0.05) is 0 Å². The smallest absolute Gasteiger partial charge is 0.368 e. The van der Waals surface area contributed by atoms with Crippen LogP contribution in [0.4, 0.5) is 18.9 Å². The molecular formula is C23H22F3N3O3S2. The summed E-state index contributed by atoms with van der Waals surface area (Å²) in [5.74, 6) is -0.305. The van der Waals surface area contributed by atoms with Gasteiger partial charge in [0.1, 0.15) is 5.01 Å². The van der Waals surface area contributed by atoms with Crippen LogP contribution in [0.25, 0.3) is 10.6 Å². The summed E-state index contributed by atoms with van der Waals surface area (Å²) in [6.07, 6.45) is -1.61. The lowest BCUT2D eigenvalue weighted by Gasteiger charge is -2.36. The van der Waals surface area contributed by atoms with E-state index in [1.807, 2.05) is 11.8 Å². The number of aromatic nitrogens is 1. The van der Waals surface area contributed by atoms with Crippen molar-refractivity contribution in [2.24, 2.45) is 0 Å². The van der Waals surface area contributed by atoms with E-state index >= 15 is 0 Å². The number of halogens is 3. The lowest BCUT2D eigenvalue weighted by Crippen LogP contribution is -2.49. The van der Waals surface area contributed by atoms with E-state index in [9.17, 15) is 26.4 Å². The predicted molar refractivity (Wildman–Crippen MR) is 125 cm³/mol. The molecule has 2 aromatic carbocycles. The standard InChI is InChI=1S/C23H22F3N3O3S2/c1-15-14-27-21(33-15)19-8-7-18(34(2,31)32)13-20(19)22(30)29-11-9-28(10-12-29)17-5-3-16(4-6-17)23(24,25)26/h3-8,13-14H,9-12H2,1-2H3. The van der Waals surface area contributed by atoms with Gasteiger partial charge < -0.3 is 9.80 Å². The maximum absolute atomic E-state index is 13.4. The summed E-state index contributed by atoms with van der Waals surface area (Å²) in [5, 5.41) is 0.629. The van der Waals surface area contributed by atoms with Crippen LogP contribution in [0.2, 0.25) is 0 Å². The van der Waals surface area contributed by atoms with Crippen molar-refractivity contribution in [3.8, 4) is 10.6 Å². The van der Waals surface area contributed by atoms with Crippen LogP contribution < -0.4 is 4.90 Å². The first-order valence-corrected chi connectivity index (χ1v) is 13.1. The molecule has 0 bridgehead atoms. The zero-order valence-corrected chi connectivity index (χ0v) is 20.1. The molecule has 0 radical (unpaired) electrons. The third kappa shape index (κ3) is 5.10. The summed E-state index contributed by atoms with van der Waals surface area (Å²) in [5.41, 5.74) is 0.778. The molecule has 1 aliphatic heterocycles. The van der Waals surface area contributed by atoms with Crippen LogP contribution in [0.3, 0.4) is 0 Å². The Bertz CT molecular complexity index is 1310. The molecule has 2 heterocycles. The molecule has 1 fully saturated rings. The Morgan fingerprint density at radius 1 is 1.03 bits per heavy atom. The Morgan fingerprint density at radius 2 is 1.68 bits per heavy atom. The topological polar surface area (TPSA) is 70.6 Å². The molecule has 11 heteroatoms. The fourth-order valence-electron chi connectivity index (χ4n) is 3.80.